The largest absolute Gasteiger partial charge is 0.478 e. The smallest absolute Gasteiger partial charge is 0.335 e. The summed E-state index contributed by atoms with van der Waals surface area (Å²) >= 11 is 0. The zero-order valence-electron chi connectivity index (χ0n) is 11.5. The van der Waals surface area contributed by atoms with E-state index in [-0.39, 0.29) is 24.1 Å². The fourth-order valence-corrected chi connectivity index (χ4v) is 1.93. The van der Waals surface area contributed by atoms with Crippen molar-refractivity contribution < 1.29 is 23.5 Å². The molecule has 0 aliphatic heterocycles. The predicted molar refractivity (Wildman–Crippen MR) is 75.3 cm³/mol. The van der Waals surface area contributed by atoms with Gasteiger partial charge in [0.15, 0.2) is 0 Å². The summed E-state index contributed by atoms with van der Waals surface area (Å²) < 4.78 is 26.4. The third kappa shape index (κ3) is 4.12. The van der Waals surface area contributed by atoms with Gasteiger partial charge in [0.2, 0.25) is 5.91 Å². The Hall–Kier alpha value is -2.76. The van der Waals surface area contributed by atoms with E-state index in [0.29, 0.717) is 5.56 Å². The number of amides is 1. The van der Waals surface area contributed by atoms with Gasteiger partial charge in [0.1, 0.15) is 11.6 Å². The Morgan fingerprint density at radius 2 is 1.86 bits per heavy atom. The third-order valence-corrected chi connectivity index (χ3v) is 3.02. The molecule has 0 saturated heterocycles. The molecule has 0 fully saturated rings. The van der Waals surface area contributed by atoms with Gasteiger partial charge in [-0.2, -0.15) is 0 Å². The first-order valence-electron chi connectivity index (χ1n) is 6.48. The zero-order valence-corrected chi connectivity index (χ0v) is 11.5. The number of hydrogen-bond donors (Lipinski definition) is 2. The van der Waals surface area contributed by atoms with Crippen LogP contribution in [0.25, 0.3) is 0 Å². The molecule has 0 saturated carbocycles. The molecule has 22 heavy (non-hydrogen) atoms. The lowest BCUT2D eigenvalue weighted by molar-refractivity contribution is -0.120. The Bertz CT molecular complexity index is 716. The minimum atomic E-state index is -1.06. The van der Waals surface area contributed by atoms with Crippen molar-refractivity contribution in [2.45, 2.75) is 13.0 Å². The van der Waals surface area contributed by atoms with Crippen LogP contribution in [-0.4, -0.2) is 17.0 Å². The van der Waals surface area contributed by atoms with E-state index in [9.17, 15) is 18.4 Å². The molecule has 0 atom stereocenters. The minimum absolute atomic E-state index is 0.0308. The number of rotatable bonds is 5. The second-order valence-electron chi connectivity index (χ2n) is 4.69. The topological polar surface area (TPSA) is 66.4 Å². The molecule has 2 aromatic rings. The number of hydrogen-bond acceptors (Lipinski definition) is 2. The quantitative estimate of drug-likeness (QED) is 0.892. The lowest BCUT2D eigenvalue weighted by Crippen LogP contribution is -2.25. The molecule has 1 amide bonds. The van der Waals surface area contributed by atoms with Crippen molar-refractivity contribution in [2.24, 2.45) is 0 Å². The maximum absolute atomic E-state index is 13.4. The molecule has 0 aliphatic carbocycles. The average molecular weight is 305 g/mol. The highest BCUT2D eigenvalue weighted by Gasteiger charge is 2.10. The highest BCUT2D eigenvalue weighted by molar-refractivity contribution is 5.87. The van der Waals surface area contributed by atoms with Gasteiger partial charge in [-0.25, -0.2) is 13.6 Å². The first-order valence-corrected chi connectivity index (χ1v) is 6.48. The minimum Gasteiger partial charge on any atom is -0.478 e. The van der Waals surface area contributed by atoms with Gasteiger partial charge in [0.25, 0.3) is 0 Å². The second-order valence-corrected chi connectivity index (χ2v) is 4.69. The number of nitrogens with one attached hydrogen (secondary N) is 1. The maximum Gasteiger partial charge on any atom is 0.335 e. The van der Waals surface area contributed by atoms with Gasteiger partial charge in [-0.3, -0.25) is 4.79 Å². The summed E-state index contributed by atoms with van der Waals surface area (Å²) in [6.07, 6.45) is -0.289. The van der Waals surface area contributed by atoms with Crippen molar-refractivity contribution in [3.8, 4) is 0 Å². The van der Waals surface area contributed by atoms with E-state index in [4.69, 9.17) is 5.11 Å². The number of carbonyl (C=O) groups is 2. The third-order valence-electron chi connectivity index (χ3n) is 3.02. The summed E-state index contributed by atoms with van der Waals surface area (Å²) in [6.45, 7) is 0.108. The van der Waals surface area contributed by atoms with Crippen LogP contribution in [0.3, 0.4) is 0 Å². The average Bonchev–Trinajstić information content (AvgIpc) is 2.49. The molecule has 0 aromatic heterocycles. The van der Waals surface area contributed by atoms with Gasteiger partial charge in [0, 0.05) is 12.1 Å². The van der Waals surface area contributed by atoms with E-state index in [2.05, 4.69) is 5.32 Å². The van der Waals surface area contributed by atoms with Crippen LogP contribution in [0.4, 0.5) is 8.78 Å². The lowest BCUT2D eigenvalue weighted by Gasteiger charge is -2.07. The van der Waals surface area contributed by atoms with Crippen LogP contribution in [0.15, 0.2) is 42.5 Å². The standard InChI is InChI=1S/C16H13F2NO3/c17-13-4-5-14(18)12(7-13)8-15(20)19-9-10-2-1-3-11(6-10)16(21)22/h1-7H,8-9H2,(H,19,20)(H,21,22). The molecule has 2 rings (SSSR count). The van der Waals surface area contributed by atoms with E-state index < -0.39 is 23.5 Å². The molecule has 6 heteroatoms. The van der Waals surface area contributed by atoms with Crippen LogP contribution < -0.4 is 5.32 Å². The van der Waals surface area contributed by atoms with E-state index in [1.54, 1.807) is 12.1 Å². The van der Waals surface area contributed by atoms with Crippen molar-refractivity contribution in [3.63, 3.8) is 0 Å². The lowest BCUT2D eigenvalue weighted by atomic mass is 10.1. The molecule has 0 bridgehead atoms. The first-order chi connectivity index (χ1) is 10.5. The molecular formula is C16H13F2NO3. The van der Waals surface area contributed by atoms with Gasteiger partial charge < -0.3 is 10.4 Å². The van der Waals surface area contributed by atoms with Crippen LogP contribution in [0, 0.1) is 11.6 Å². The molecule has 2 N–H and O–H groups in total. The van der Waals surface area contributed by atoms with Gasteiger partial charge in [0.05, 0.1) is 12.0 Å². The van der Waals surface area contributed by atoms with E-state index in [0.717, 1.165) is 18.2 Å². The molecule has 4 nitrogen and oxygen atoms in total. The summed E-state index contributed by atoms with van der Waals surface area (Å²) in [5.74, 6) is -2.80. The van der Waals surface area contributed by atoms with Crippen molar-refractivity contribution >= 4 is 11.9 Å². The molecule has 0 spiro atoms. The number of aromatic carboxylic acids is 1. The molecule has 2 aromatic carbocycles. The Labute approximate surface area is 125 Å². The number of carboxylic acid groups (broad SMARTS) is 1. The summed E-state index contributed by atoms with van der Waals surface area (Å²) in [5, 5.41) is 11.4. The second kappa shape index (κ2) is 6.80. The van der Waals surface area contributed by atoms with Crippen LogP contribution >= 0.6 is 0 Å². The Morgan fingerprint density at radius 3 is 2.59 bits per heavy atom. The van der Waals surface area contributed by atoms with Crippen molar-refractivity contribution in [3.05, 3.63) is 70.8 Å². The van der Waals surface area contributed by atoms with Crippen LogP contribution in [0.1, 0.15) is 21.5 Å². The maximum atomic E-state index is 13.4. The highest BCUT2D eigenvalue weighted by Crippen LogP contribution is 2.10. The fourth-order valence-electron chi connectivity index (χ4n) is 1.93. The number of carbonyl (C=O) groups excluding carboxylic acids is 1. The zero-order chi connectivity index (χ0) is 16.1. The number of benzene rings is 2. The van der Waals surface area contributed by atoms with Gasteiger partial charge in [-0.15, -0.1) is 0 Å². The van der Waals surface area contributed by atoms with E-state index >= 15 is 0 Å². The number of carboxylic acids is 1. The molecule has 0 unspecified atom stereocenters. The Balaban J connectivity index is 1.97. The summed E-state index contributed by atoms with van der Waals surface area (Å²) in [7, 11) is 0. The molecule has 0 aliphatic rings. The van der Waals surface area contributed by atoms with E-state index in [1.165, 1.54) is 12.1 Å². The molecular weight excluding hydrogens is 292 g/mol. The summed E-state index contributed by atoms with van der Waals surface area (Å²) in [5.41, 5.74) is 0.688. The monoisotopic (exact) mass is 305 g/mol. The van der Waals surface area contributed by atoms with Crippen molar-refractivity contribution in [1.82, 2.24) is 5.32 Å². The van der Waals surface area contributed by atoms with Gasteiger partial charge in [-0.1, -0.05) is 12.1 Å². The van der Waals surface area contributed by atoms with Crippen LogP contribution in [0.5, 0.6) is 0 Å². The fraction of sp³-hybridized carbons (Fsp3) is 0.125. The first kappa shape index (κ1) is 15.6. The molecule has 0 radical (unpaired) electrons. The SMILES string of the molecule is O=C(Cc1cc(F)ccc1F)NCc1cccc(C(=O)O)c1. The van der Waals surface area contributed by atoms with Gasteiger partial charge in [-0.05, 0) is 35.9 Å². The molecule has 0 heterocycles. The Morgan fingerprint density at radius 1 is 1.09 bits per heavy atom. The Kier molecular flexibility index (Phi) is 4.83. The number of halogens is 2. The van der Waals surface area contributed by atoms with Crippen molar-refractivity contribution in [2.75, 3.05) is 0 Å². The summed E-state index contributed by atoms with van der Waals surface area (Å²) in [4.78, 5) is 22.6. The normalized spacial score (nSPS) is 10.3. The van der Waals surface area contributed by atoms with Crippen LogP contribution in [-0.2, 0) is 17.8 Å². The highest BCUT2D eigenvalue weighted by atomic mass is 19.1. The van der Waals surface area contributed by atoms with Crippen LogP contribution in [0.2, 0.25) is 0 Å². The van der Waals surface area contributed by atoms with Gasteiger partial charge >= 0.3 is 5.97 Å². The predicted octanol–water partition coefficient (Wildman–Crippen LogP) is 2.52. The van der Waals surface area contributed by atoms with Crippen molar-refractivity contribution in [1.29, 1.82) is 0 Å². The van der Waals surface area contributed by atoms with E-state index in [1.807, 2.05) is 0 Å². The summed E-state index contributed by atoms with van der Waals surface area (Å²) in [6, 6.07) is 9.02. The molecule has 114 valence electrons.